The molecule has 0 N–H and O–H groups in total. The second kappa shape index (κ2) is 2.44. The Morgan fingerprint density at radius 2 is 2.08 bits per heavy atom. The number of fused-ring (bicyclic) bond motifs is 1. The summed E-state index contributed by atoms with van der Waals surface area (Å²) in [7, 11) is 0. The van der Waals surface area contributed by atoms with Gasteiger partial charge in [0.2, 0.25) is 5.95 Å². The van der Waals surface area contributed by atoms with E-state index in [0.29, 0.717) is 0 Å². The number of halogens is 1. The summed E-state index contributed by atoms with van der Waals surface area (Å²) in [5.74, 6) is 2.15. The summed E-state index contributed by atoms with van der Waals surface area (Å²) < 4.78 is 12.8. The fraction of sp³-hybridized carbons (Fsp3) is 0.500. The van der Waals surface area contributed by atoms with Crippen molar-refractivity contribution in [2.75, 3.05) is 18.0 Å². The zero-order valence-corrected chi connectivity index (χ0v) is 7.28. The molecule has 2 aliphatic rings. The van der Waals surface area contributed by atoms with Gasteiger partial charge in [-0.15, -0.1) is 0 Å². The topological polar surface area (TPSA) is 16.1 Å². The molecule has 0 amide bonds. The molecule has 1 aliphatic heterocycles. The third-order valence-electron chi connectivity index (χ3n) is 3.00. The number of rotatable bonds is 1. The second-order valence-electron chi connectivity index (χ2n) is 3.98. The smallest absolute Gasteiger partial charge is 0.214 e. The fourth-order valence-corrected chi connectivity index (χ4v) is 2.16. The number of aromatic nitrogens is 1. The van der Waals surface area contributed by atoms with E-state index in [1.807, 2.05) is 6.07 Å². The first kappa shape index (κ1) is 7.30. The van der Waals surface area contributed by atoms with E-state index < -0.39 is 0 Å². The quantitative estimate of drug-likeness (QED) is 0.608. The Morgan fingerprint density at radius 3 is 2.77 bits per heavy atom. The van der Waals surface area contributed by atoms with Crippen LogP contribution in [-0.2, 0) is 0 Å². The summed E-state index contributed by atoms with van der Waals surface area (Å²) in [5.41, 5.74) is 0. The molecular formula is C10H11FN2. The molecule has 2 unspecified atom stereocenters. The van der Waals surface area contributed by atoms with Gasteiger partial charge in [-0.05, 0) is 30.4 Å². The van der Waals surface area contributed by atoms with Gasteiger partial charge in [-0.3, -0.25) is 0 Å². The monoisotopic (exact) mass is 178 g/mol. The second-order valence-corrected chi connectivity index (χ2v) is 3.98. The van der Waals surface area contributed by atoms with Crippen LogP contribution in [0.1, 0.15) is 6.42 Å². The average Bonchev–Trinajstić information content (AvgIpc) is 2.74. The van der Waals surface area contributed by atoms with Crippen LogP contribution in [0.15, 0.2) is 18.2 Å². The Bertz CT molecular complexity index is 329. The molecule has 3 heteroatoms. The van der Waals surface area contributed by atoms with Crippen molar-refractivity contribution in [1.82, 2.24) is 4.98 Å². The Hall–Kier alpha value is -1.12. The maximum Gasteiger partial charge on any atom is 0.214 e. The SMILES string of the molecule is Fc1cccc(N2CC3CC3C2)n1. The summed E-state index contributed by atoms with van der Waals surface area (Å²) >= 11 is 0. The van der Waals surface area contributed by atoms with Crippen LogP contribution in [-0.4, -0.2) is 18.1 Å². The minimum atomic E-state index is -0.377. The first-order valence-electron chi connectivity index (χ1n) is 4.70. The maximum absolute atomic E-state index is 12.8. The van der Waals surface area contributed by atoms with E-state index in [0.717, 1.165) is 30.7 Å². The van der Waals surface area contributed by atoms with Crippen LogP contribution < -0.4 is 4.90 Å². The highest BCUT2D eigenvalue weighted by Crippen LogP contribution is 2.45. The van der Waals surface area contributed by atoms with E-state index in [1.54, 1.807) is 6.07 Å². The molecule has 3 rings (SSSR count). The maximum atomic E-state index is 12.8. The summed E-state index contributed by atoms with van der Waals surface area (Å²) in [6.45, 7) is 2.14. The van der Waals surface area contributed by atoms with E-state index in [2.05, 4.69) is 9.88 Å². The normalized spacial score (nSPS) is 30.4. The summed E-state index contributed by atoms with van der Waals surface area (Å²) in [4.78, 5) is 6.05. The molecule has 0 bridgehead atoms. The van der Waals surface area contributed by atoms with Gasteiger partial charge in [0.1, 0.15) is 5.82 Å². The molecule has 2 heterocycles. The number of pyridine rings is 1. The zero-order valence-electron chi connectivity index (χ0n) is 7.28. The van der Waals surface area contributed by atoms with Crippen LogP contribution in [0.25, 0.3) is 0 Å². The van der Waals surface area contributed by atoms with E-state index >= 15 is 0 Å². The highest BCUT2D eigenvalue weighted by atomic mass is 19.1. The molecule has 0 aromatic carbocycles. The largest absolute Gasteiger partial charge is 0.356 e. The lowest BCUT2D eigenvalue weighted by atomic mass is 10.4. The van der Waals surface area contributed by atoms with Crippen LogP contribution in [0, 0.1) is 17.8 Å². The van der Waals surface area contributed by atoms with Crippen LogP contribution in [0.4, 0.5) is 10.2 Å². The van der Waals surface area contributed by atoms with Crippen molar-refractivity contribution in [2.45, 2.75) is 6.42 Å². The average molecular weight is 178 g/mol. The Kier molecular flexibility index (Phi) is 1.37. The van der Waals surface area contributed by atoms with E-state index in [9.17, 15) is 4.39 Å². The van der Waals surface area contributed by atoms with Gasteiger partial charge in [0.05, 0.1) is 0 Å². The number of anilines is 1. The molecule has 13 heavy (non-hydrogen) atoms. The molecule has 2 atom stereocenters. The van der Waals surface area contributed by atoms with Crippen molar-refractivity contribution in [1.29, 1.82) is 0 Å². The van der Waals surface area contributed by atoms with E-state index in [4.69, 9.17) is 0 Å². The molecule has 1 saturated heterocycles. The van der Waals surface area contributed by atoms with Gasteiger partial charge in [0.15, 0.2) is 0 Å². The van der Waals surface area contributed by atoms with Crippen molar-refractivity contribution < 1.29 is 4.39 Å². The first-order chi connectivity index (χ1) is 6.33. The minimum absolute atomic E-state index is 0.377. The predicted molar refractivity (Wildman–Crippen MR) is 48.0 cm³/mol. The molecule has 2 nitrogen and oxygen atoms in total. The van der Waals surface area contributed by atoms with Crippen LogP contribution in [0.2, 0.25) is 0 Å². The summed E-state index contributed by atoms with van der Waals surface area (Å²) in [6, 6.07) is 5.00. The Morgan fingerprint density at radius 1 is 1.31 bits per heavy atom. The third kappa shape index (κ3) is 1.19. The first-order valence-corrected chi connectivity index (χ1v) is 4.70. The highest BCUT2D eigenvalue weighted by Gasteiger charge is 2.45. The van der Waals surface area contributed by atoms with E-state index in [1.165, 1.54) is 12.5 Å². The molecule has 1 aliphatic carbocycles. The number of nitrogens with zero attached hydrogens (tertiary/aromatic N) is 2. The lowest BCUT2D eigenvalue weighted by molar-refractivity contribution is 0.581. The Balaban J connectivity index is 1.84. The predicted octanol–water partition coefficient (Wildman–Crippen LogP) is 1.68. The number of hydrogen-bond acceptors (Lipinski definition) is 2. The third-order valence-corrected chi connectivity index (χ3v) is 3.00. The van der Waals surface area contributed by atoms with Crippen LogP contribution >= 0.6 is 0 Å². The molecule has 2 fully saturated rings. The van der Waals surface area contributed by atoms with Crippen molar-refractivity contribution in [3.8, 4) is 0 Å². The summed E-state index contributed by atoms with van der Waals surface area (Å²) in [5, 5.41) is 0. The van der Waals surface area contributed by atoms with Gasteiger partial charge in [0, 0.05) is 13.1 Å². The fourth-order valence-electron chi connectivity index (χ4n) is 2.16. The number of piperidine rings is 1. The zero-order chi connectivity index (χ0) is 8.84. The van der Waals surface area contributed by atoms with Gasteiger partial charge in [-0.1, -0.05) is 6.07 Å². The minimum Gasteiger partial charge on any atom is -0.356 e. The lowest BCUT2D eigenvalue weighted by Crippen LogP contribution is -2.22. The van der Waals surface area contributed by atoms with Crippen molar-refractivity contribution in [3.05, 3.63) is 24.1 Å². The molecule has 1 aromatic heterocycles. The standard InChI is InChI=1S/C10H11FN2/c11-9-2-1-3-10(12-9)13-5-7-4-8(7)6-13/h1-3,7-8H,4-6H2. The van der Waals surface area contributed by atoms with Crippen molar-refractivity contribution >= 4 is 5.82 Å². The Labute approximate surface area is 76.4 Å². The van der Waals surface area contributed by atoms with Gasteiger partial charge >= 0.3 is 0 Å². The van der Waals surface area contributed by atoms with Crippen molar-refractivity contribution in [3.63, 3.8) is 0 Å². The number of hydrogen-bond donors (Lipinski definition) is 0. The van der Waals surface area contributed by atoms with Gasteiger partial charge < -0.3 is 4.90 Å². The molecular weight excluding hydrogens is 167 g/mol. The van der Waals surface area contributed by atoms with Crippen LogP contribution in [0.5, 0.6) is 0 Å². The highest BCUT2D eigenvalue weighted by molar-refractivity contribution is 5.41. The van der Waals surface area contributed by atoms with Gasteiger partial charge in [-0.2, -0.15) is 4.39 Å². The molecule has 68 valence electrons. The molecule has 1 saturated carbocycles. The lowest BCUT2D eigenvalue weighted by Gasteiger charge is -2.18. The van der Waals surface area contributed by atoms with Gasteiger partial charge in [0.25, 0.3) is 0 Å². The molecule has 1 aromatic rings. The summed E-state index contributed by atoms with van der Waals surface area (Å²) in [6.07, 6.45) is 1.37. The molecule has 0 radical (unpaired) electrons. The van der Waals surface area contributed by atoms with Gasteiger partial charge in [-0.25, -0.2) is 4.98 Å². The van der Waals surface area contributed by atoms with E-state index in [-0.39, 0.29) is 5.95 Å². The van der Waals surface area contributed by atoms with Crippen molar-refractivity contribution in [2.24, 2.45) is 11.8 Å². The molecule has 0 spiro atoms. The van der Waals surface area contributed by atoms with Crippen LogP contribution in [0.3, 0.4) is 0 Å².